The number of halogens is 1. The van der Waals surface area contributed by atoms with Crippen LogP contribution in [-0.2, 0) is 4.79 Å². The van der Waals surface area contributed by atoms with Gasteiger partial charge in [0.25, 0.3) is 0 Å². The molecule has 2 aromatic rings. The predicted molar refractivity (Wildman–Crippen MR) is 102 cm³/mol. The number of carbonyl (C=O) groups excluding carboxylic acids is 1. The molecule has 1 aliphatic rings. The summed E-state index contributed by atoms with van der Waals surface area (Å²) in [5.74, 6) is 1.70. The lowest BCUT2D eigenvalue weighted by molar-refractivity contribution is -0.116. The number of fused-ring (bicyclic) bond motifs is 1. The molecule has 1 atom stereocenters. The van der Waals surface area contributed by atoms with Gasteiger partial charge in [0.05, 0.1) is 12.8 Å². The largest absolute Gasteiger partial charge is 0.495 e. The lowest BCUT2D eigenvalue weighted by Gasteiger charge is -2.21. The van der Waals surface area contributed by atoms with E-state index in [1.807, 2.05) is 25.1 Å². The molecule has 0 aliphatic carbocycles. The van der Waals surface area contributed by atoms with Gasteiger partial charge in [0.2, 0.25) is 5.91 Å². The fraction of sp³-hybridized carbons (Fsp3) is 0.316. The highest BCUT2D eigenvalue weighted by Gasteiger charge is 2.18. The van der Waals surface area contributed by atoms with Gasteiger partial charge in [-0.2, -0.15) is 0 Å². The standard InChI is InChI=1S/C19H21ClN2O4/c1-11-8-15(17(24-3)10-14(11)20)22-19(23)12(2)21-13-4-5-16-18(9-13)26-7-6-25-16/h4-5,8-10,12,21H,6-7H2,1-3H3,(H,22,23). The zero-order valence-corrected chi connectivity index (χ0v) is 15.6. The second-order valence-electron chi connectivity index (χ2n) is 6.02. The van der Waals surface area contributed by atoms with Crippen LogP contribution in [0.25, 0.3) is 0 Å². The second-order valence-corrected chi connectivity index (χ2v) is 6.42. The van der Waals surface area contributed by atoms with Crippen molar-refractivity contribution in [2.24, 2.45) is 0 Å². The topological polar surface area (TPSA) is 68.8 Å². The van der Waals surface area contributed by atoms with Gasteiger partial charge >= 0.3 is 0 Å². The number of ether oxygens (including phenoxy) is 3. The number of carbonyl (C=O) groups is 1. The van der Waals surface area contributed by atoms with Crippen molar-refractivity contribution < 1.29 is 19.0 Å². The Bertz CT molecular complexity index is 825. The van der Waals surface area contributed by atoms with E-state index in [0.717, 1.165) is 11.3 Å². The van der Waals surface area contributed by atoms with E-state index in [9.17, 15) is 4.79 Å². The molecule has 3 rings (SSSR count). The molecule has 0 saturated heterocycles. The Hall–Kier alpha value is -2.60. The normalized spacial score (nSPS) is 13.7. The third-order valence-electron chi connectivity index (χ3n) is 4.06. The molecule has 1 heterocycles. The minimum Gasteiger partial charge on any atom is -0.495 e. The number of aryl methyl sites for hydroxylation is 1. The molecule has 0 saturated carbocycles. The molecule has 7 heteroatoms. The zero-order chi connectivity index (χ0) is 18.7. The van der Waals surface area contributed by atoms with Crippen LogP contribution < -0.4 is 24.8 Å². The van der Waals surface area contributed by atoms with Crippen molar-refractivity contribution in [2.45, 2.75) is 19.9 Å². The van der Waals surface area contributed by atoms with Crippen LogP contribution in [0.4, 0.5) is 11.4 Å². The summed E-state index contributed by atoms with van der Waals surface area (Å²) in [5.41, 5.74) is 2.21. The molecule has 2 aromatic carbocycles. The molecule has 0 bridgehead atoms. The summed E-state index contributed by atoms with van der Waals surface area (Å²) >= 11 is 6.10. The minimum atomic E-state index is -0.474. The highest BCUT2D eigenvalue weighted by Crippen LogP contribution is 2.33. The van der Waals surface area contributed by atoms with Gasteiger partial charge in [-0.25, -0.2) is 0 Å². The molecule has 6 nitrogen and oxygen atoms in total. The third kappa shape index (κ3) is 3.96. The number of anilines is 2. The van der Waals surface area contributed by atoms with Crippen molar-refractivity contribution in [2.75, 3.05) is 31.0 Å². The number of rotatable bonds is 5. The third-order valence-corrected chi connectivity index (χ3v) is 4.46. The molecule has 0 aromatic heterocycles. The molecule has 0 radical (unpaired) electrons. The van der Waals surface area contributed by atoms with E-state index in [0.29, 0.717) is 41.2 Å². The van der Waals surface area contributed by atoms with Crippen LogP contribution in [0.1, 0.15) is 12.5 Å². The van der Waals surface area contributed by atoms with Crippen molar-refractivity contribution in [3.63, 3.8) is 0 Å². The van der Waals surface area contributed by atoms with Gasteiger partial charge in [-0.3, -0.25) is 4.79 Å². The molecule has 1 aliphatic heterocycles. The second kappa shape index (κ2) is 7.74. The highest BCUT2D eigenvalue weighted by atomic mass is 35.5. The van der Waals surface area contributed by atoms with Crippen molar-refractivity contribution in [3.05, 3.63) is 40.9 Å². The highest BCUT2D eigenvalue weighted by molar-refractivity contribution is 6.31. The van der Waals surface area contributed by atoms with Gasteiger partial charge in [-0.1, -0.05) is 11.6 Å². The number of nitrogens with one attached hydrogen (secondary N) is 2. The van der Waals surface area contributed by atoms with Crippen molar-refractivity contribution in [1.29, 1.82) is 0 Å². The summed E-state index contributed by atoms with van der Waals surface area (Å²) in [5, 5.41) is 6.62. The molecule has 0 spiro atoms. The van der Waals surface area contributed by atoms with Gasteiger partial charge in [0.1, 0.15) is 25.0 Å². The van der Waals surface area contributed by atoms with E-state index in [1.165, 1.54) is 7.11 Å². The van der Waals surface area contributed by atoms with E-state index in [2.05, 4.69) is 10.6 Å². The number of benzene rings is 2. The number of hydrogen-bond donors (Lipinski definition) is 2. The molecular formula is C19H21ClN2O4. The van der Waals surface area contributed by atoms with Gasteiger partial charge in [-0.15, -0.1) is 0 Å². The van der Waals surface area contributed by atoms with E-state index in [1.54, 1.807) is 19.1 Å². The van der Waals surface area contributed by atoms with Crippen molar-refractivity contribution in [3.8, 4) is 17.2 Å². The summed E-state index contributed by atoms with van der Waals surface area (Å²) in [4.78, 5) is 12.6. The Morgan fingerprint density at radius 2 is 1.92 bits per heavy atom. The van der Waals surface area contributed by atoms with Gasteiger partial charge in [0.15, 0.2) is 11.5 Å². The molecule has 2 N–H and O–H groups in total. The van der Waals surface area contributed by atoms with Crippen LogP contribution in [0, 0.1) is 6.92 Å². The molecular weight excluding hydrogens is 356 g/mol. The maximum absolute atomic E-state index is 12.6. The molecule has 1 unspecified atom stereocenters. The Balaban J connectivity index is 1.69. The van der Waals surface area contributed by atoms with Crippen LogP contribution in [0.3, 0.4) is 0 Å². The Morgan fingerprint density at radius 3 is 2.65 bits per heavy atom. The zero-order valence-electron chi connectivity index (χ0n) is 14.9. The Labute approximate surface area is 157 Å². The lowest BCUT2D eigenvalue weighted by atomic mass is 10.2. The van der Waals surface area contributed by atoms with Gasteiger partial charge in [0, 0.05) is 22.8 Å². The average Bonchev–Trinajstić information content (AvgIpc) is 2.64. The Morgan fingerprint density at radius 1 is 1.19 bits per heavy atom. The molecule has 138 valence electrons. The van der Waals surface area contributed by atoms with Crippen LogP contribution in [0.15, 0.2) is 30.3 Å². The monoisotopic (exact) mass is 376 g/mol. The quantitative estimate of drug-likeness (QED) is 0.829. The van der Waals surface area contributed by atoms with E-state index in [4.69, 9.17) is 25.8 Å². The van der Waals surface area contributed by atoms with E-state index < -0.39 is 6.04 Å². The SMILES string of the molecule is COc1cc(Cl)c(C)cc1NC(=O)C(C)Nc1ccc2c(c1)OCCO2. The van der Waals surface area contributed by atoms with Crippen LogP contribution in [-0.4, -0.2) is 32.3 Å². The van der Waals surface area contributed by atoms with Crippen LogP contribution in [0.5, 0.6) is 17.2 Å². The van der Waals surface area contributed by atoms with Crippen LogP contribution >= 0.6 is 11.6 Å². The van der Waals surface area contributed by atoms with Gasteiger partial charge < -0.3 is 24.8 Å². The first-order valence-corrected chi connectivity index (χ1v) is 8.67. The lowest BCUT2D eigenvalue weighted by Crippen LogP contribution is -2.32. The maximum atomic E-state index is 12.6. The fourth-order valence-corrected chi connectivity index (χ4v) is 2.77. The van der Waals surface area contributed by atoms with Crippen molar-refractivity contribution >= 4 is 28.9 Å². The summed E-state index contributed by atoms with van der Waals surface area (Å²) in [6.07, 6.45) is 0. The first kappa shape index (κ1) is 18.2. The summed E-state index contributed by atoms with van der Waals surface area (Å²) < 4.78 is 16.4. The van der Waals surface area contributed by atoms with Crippen molar-refractivity contribution in [1.82, 2.24) is 0 Å². The first-order chi connectivity index (χ1) is 12.5. The predicted octanol–water partition coefficient (Wildman–Crippen LogP) is 3.87. The Kier molecular flexibility index (Phi) is 5.42. The van der Waals surface area contributed by atoms with E-state index in [-0.39, 0.29) is 5.91 Å². The van der Waals surface area contributed by atoms with Crippen LogP contribution in [0.2, 0.25) is 5.02 Å². The van der Waals surface area contributed by atoms with Gasteiger partial charge in [-0.05, 0) is 37.6 Å². The maximum Gasteiger partial charge on any atom is 0.246 e. The fourth-order valence-electron chi connectivity index (χ4n) is 2.62. The average molecular weight is 377 g/mol. The summed E-state index contributed by atoms with van der Waals surface area (Å²) in [6, 6.07) is 8.50. The number of methoxy groups -OCH3 is 1. The summed E-state index contributed by atoms with van der Waals surface area (Å²) in [6.45, 7) is 4.71. The minimum absolute atomic E-state index is 0.195. The number of hydrogen-bond acceptors (Lipinski definition) is 5. The molecule has 0 fully saturated rings. The molecule has 1 amide bonds. The van der Waals surface area contributed by atoms with E-state index >= 15 is 0 Å². The number of amides is 1. The smallest absolute Gasteiger partial charge is 0.246 e. The molecule has 26 heavy (non-hydrogen) atoms. The summed E-state index contributed by atoms with van der Waals surface area (Å²) in [7, 11) is 1.54. The first-order valence-electron chi connectivity index (χ1n) is 8.29.